The van der Waals surface area contributed by atoms with Gasteiger partial charge in [-0.3, -0.25) is 10.1 Å². The Morgan fingerprint density at radius 1 is 1.68 bits per heavy atom. The second kappa shape index (κ2) is 6.20. The first-order chi connectivity index (χ1) is 8.86. The molecular formula is C12H11BrN2O4. The van der Waals surface area contributed by atoms with Crippen LogP contribution in [0, 0.1) is 29.4 Å². The summed E-state index contributed by atoms with van der Waals surface area (Å²) in [5.74, 6) is 1.18. The molecule has 0 aromatic heterocycles. The highest BCUT2D eigenvalue weighted by molar-refractivity contribution is 9.10. The summed E-state index contributed by atoms with van der Waals surface area (Å²) >= 11 is 3.17. The number of nitrogens with zero attached hydrogens (tertiary/aromatic N) is 1. The number of carboxylic acids is 1. The largest absolute Gasteiger partial charge is 0.480 e. The predicted octanol–water partition coefficient (Wildman–Crippen LogP) is 2.55. The third kappa shape index (κ3) is 3.69. The lowest BCUT2D eigenvalue weighted by Gasteiger charge is -2.15. The molecule has 0 radical (unpaired) electrons. The quantitative estimate of drug-likeness (QED) is 0.492. The number of carboxylic acid groups (broad SMARTS) is 1. The summed E-state index contributed by atoms with van der Waals surface area (Å²) in [4.78, 5) is 21.2. The van der Waals surface area contributed by atoms with Gasteiger partial charge in [0.15, 0.2) is 0 Å². The fourth-order valence-electron chi connectivity index (χ4n) is 1.48. The van der Waals surface area contributed by atoms with Crippen molar-refractivity contribution in [2.45, 2.75) is 19.4 Å². The summed E-state index contributed by atoms with van der Waals surface area (Å²) in [6.07, 6.45) is 5.11. The minimum absolute atomic E-state index is 0.0117. The molecule has 7 heteroatoms. The Morgan fingerprint density at radius 3 is 2.79 bits per heavy atom. The van der Waals surface area contributed by atoms with E-state index in [1.807, 2.05) is 0 Å². The number of carbonyl (C=O) groups is 1. The molecule has 1 rings (SSSR count). The Kier molecular flexibility index (Phi) is 4.89. The summed E-state index contributed by atoms with van der Waals surface area (Å²) in [6.45, 7) is 1.58. The first-order valence-corrected chi connectivity index (χ1v) is 6.03. The molecule has 1 aromatic carbocycles. The van der Waals surface area contributed by atoms with Crippen LogP contribution in [0.25, 0.3) is 0 Å². The molecule has 2 N–H and O–H groups in total. The van der Waals surface area contributed by atoms with Crippen LogP contribution in [0.5, 0.6) is 0 Å². The van der Waals surface area contributed by atoms with Crippen LogP contribution in [0.3, 0.4) is 0 Å². The Balaban J connectivity index is 3.09. The van der Waals surface area contributed by atoms with E-state index in [1.165, 1.54) is 12.1 Å². The molecule has 0 aliphatic carbocycles. The lowest BCUT2D eigenvalue weighted by atomic mass is 10.1. The smallest absolute Gasteiger partial charge is 0.327 e. The standard InChI is InChI=1S/C12H11BrN2O4/c1-3-4-9(12(16)17)14-10-5-7(2)11(15(18)19)6-8(10)13/h1,5-6,9,14H,4H2,2H3,(H,16,17). The molecule has 100 valence electrons. The number of hydrogen-bond donors (Lipinski definition) is 2. The van der Waals surface area contributed by atoms with Gasteiger partial charge < -0.3 is 10.4 Å². The van der Waals surface area contributed by atoms with Crippen LogP contribution in [0.2, 0.25) is 0 Å². The molecule has 1 aromatic rings. The number of nitro groups is 1. The van der Waals surface area contributed by atoms with Crippen LogP contribution in [0.1, 0.15) is 12.0 Å². The maximum atomic E-state index is 11.0. The number of hydrogen-bond acceptors (Lipinski definition) is 4. The molecule has 0 bridgehead atoms. The Morgan fingerprint density at radius 2 is 2.32 bits per heavy atom. The van der Waals surface area contributed by atoms with Crippen molar-refractivity contribution in [3.05, 3.63) is 32.3 Å². The molecule has 1 atom stereocenters. The summed E-state index contributed by atoms with van der Waals surface area (Å²) in [7, 11) is 0. The van der Waals surface area contributed by atoms with E-state index in [1.54, 1.807) is 6.92 Å². The summed E-state index contributed by atoms with van der Waals surface area (Å²) < 4.78 is 0.410. The Hall–Kier alpha value is -2.07. The van der Waals surface area contributed by atoms with Gasteiger partial charge in [-0.05, 0) is 28.9 Å². The monoisotopic (exact) mass is 326 g/mol. The van der Waals surface area contributed by atoms with Gasteiger partial charge in [-0.15, -0.1) is 12.3 Å². The molecule has 0 heterocycles. The Bertz CT molecular complexity index is 566. The minimum Gasteiger partial charge on any atom is -0.480 e. The van der Waals surface area contributed by atoms with Gasteiger partial charge in [-0.1, -0.05) is 0 Å². The van der Waals surface area contributed by atoms with Crippen LogP contribution in [-0.2, 0) is 4.79 Å². The van der Waals surface area contributed by atoms with Crippen molar-refractivity contribution in [2.75, 3.05) is 5.32 Å². The van der Waals surface area contributed by atoms with Crippen molar-refractivity contribution in [1.29, 1.82) is 0 Å². The van der Waals surface area contributed by atoms with E-state index in [9.17, 15) is 14.9 Å². The van der Waals surface area contributed by atoms with Gasteiger partial charge in [0, 0.05) is 28.2 Å². The van der Waals surface area contributed by atoms with E-state index < -0.39 is 16.9 Å². The molecule has 1 unspecified atom stereocenters. The van der Waals surface area contributed by atoms with E-state index in [-0.39, 0.29) is 12.1 Å². The highest BCUT2D eigenvalue weighted by Crippen LogP contribution is 2.31. The average molecular weight is 327 g/mol. The van der Waals surface area contributed by atoms with E-state index in [0.29, 0.717) is 15.7 Å². The number of halogens is 1. The van der Waals surface area contributed by atoms with Gasteiger partial charge in [0.1, 0.15) is 6.04 Å². The zero-order valence-corrected chi connectivity index (χ0v) is 11.6. The maximum Gasteiger partial charge on any atom is 0.327 e. The second-order valence-corrected chi connectivity index (χ2v) is 4.67. The highest BCUT2D eigenvalue weighted by atomic mass is 79.9. The van der Waals surface area contributed by atoms with E-state index in [4.69, 9.17) is 11.5 Å². The van der Waals surface area contributed by atoms with E-state index in [0.717, 1.165) is 0 Å². The van der Waals surface area contributed by atoms with Gasteiger partial charge in [0.2, 0.25) is 0 Å². The maximum absolute atomic E-state index is 11.0. The first kappa shape index (κ1) is 15.0. The lowest BCUT2D eigenvalue weighted by Crippen LogP contribution is -2.28. The van der Waals surface area contributed by atoms with Gasteiger partial charge in [-0.2, -0.15) is 0 Å². The zero-order chi connectivity index (χ0) is 14.6. The van der Waals surface area contributed by atoms with Crippen molar-refractivity contribution >= 4 is 33.3 Å². The lowest BCUT2D eigenvalue weighted by molar-refractivity contribution is -0.385. The van der Waals surface area contributed by atoms with Crippen LogP contribution in [-0.4, -0.2) is 22.0 Å². The highest BCUT2D eigenvalue weighted by Gasteiger charge is 2.19. The van der Waals surface area contributed by atoms with Gasteiger partial charge in [0.05, 0.1) is 4.92 Å². The number of rotatable bonds is 5. The third-order valence-corrected chi connectivity index (χ3v) is 3.09. The second-order valence-electron chi connectivity index (χ2n) is 3.82. The molecule has 0 amide bonds. The van der Waals surface area contributed by atoms with Crippen LogP contribution < -0.4 is 5.32 Å². The number of benzene rings is 1. The molecule has 0 saturated carbocycles. The normalized spacial score (nSPS) is 11.4. The van der Waals surface area contributed by atoms with Gasteiger partial charge in [0.25, 0.3) is 5.69 Å². The van der Waals surface area contributed by atoms with Crippen LogP contribution in [0.15, 0.2) is 16.6 Å². The molecule has 0 spiro atoms. The molecular weight excluding hydrogens is 316 g/mol. The summed E-state index contributed by atoms with van der Waals surface area (Å²) in [5, 5.41) is 22.5. The first-order valence-electron chi connectivity index (χ1n) is 5.24. The van der Waals surface area contributed by atoms with Crippen LogP contribution in [0.4, 0.5) is 11.4 Å². The molecule has 0 aliphatic rings. The number of terminal acetylenes is 1. The zero-order valence-electron chi connectivity index (χ0n) is 10.0. The third-order valence-electron chi connectivity index (χ3n) is 2.43. The number of aliphatic carboxylic acids is 1. The molecule has 6 nitrogen and oxygen atoms in total. The fraction of sp³-hybridized carbons (Fsp3) is 0.250. The number of nitrogens with one attached hydrogen (secondary N) is 1. The van der Waals surface area contributed by atoms with Crippen molar-refractivity contribution in [3.63, 3.8) is 0 Å². The van der Waals surface area contributed by atoms with Gasteiger partial charge in [-0.25, -0.2) is 4.79 Å². The minimum atomic E-state index is -1.08. The van der Waals surface area contributed by atoms with E-state index >= 15 is 0 Å². The average Bonchev–Trinajstić information content (AvgIpc) is 2.32. The number of nitro benzene ring substituents is 1. The van der Waals surface area contributed by atoms with Crippen molar-refractivity contribution in [1.82, 2.24) is 0 Å². The molecule has 0 saturated heterocycles. The topological polar surface area (TPSA) is 92.5 Å². The molecule has 0 aliphatic heterocycles. The van der Waals surface area contributed by atoms with Crippen molar-refractivity contribution in [3.8, 4) is 12.3 Å². The predicted molar refractivity (Wildman–Crippen MR) is 74.0 cm³/mol. The summed E-state index contributed by atoms with van der Waals surface area (Å²) in [6, 6.07) is 1.89. The van der Waals surface area contributed by atoms with Crippen LogP contribution >= 0.6 is 15.9 Å². The number of anilines is 1. The van der Waals surface area contributed by atoms with Gasteiger partial charge >= 0.3 is 5.97 Å². The SMILES string of the molecule is C#CCC(Nc1cc(C)c([N+](=O)[O-])cc1Br)C(=O)O. The van der Waals surface area contributed by atoms with E-state index in [2.05, 4.69) is 27.2 Å². The Labute approximate surface area is 118 Å². The molecule has 0 fully saturated rings. The number of aryl methyl sites for hydroxylation is 1. The van der Waals surface area contributed by atoms with Crippen molar-refractivity contribution < 1.29 is 14.8 Å². The summed E-state index contributed by atoms with van der Waals surface area (Å²) in [5.41, 5.74) is 0.840. The molecule has 19 heavy (non-hydrogen) atoms. The van der Waals surface area contributed by atoms with Crippen molar-refractivity contribution in [2.24, 2.45) is 0 Å². The fourth-order valence-corrected chi connectivity index (χ4v) is 1.93.